The average molecular weight is 353 g/mol. The van der Waals surface area contributed by atoms with Crippen molar-refractivity contribution in [3.05, 3.63) is 65.7 Å². The summed E-state index contributed by atoms with van der Waals surface area (Å²) in [7, 11) is 0. The summed E-state index contributed by atoms with van der Waals surface area (Å²) >= 11 is 0. The first-order chi connectivity index (χ1) is 12.6. The van der Waals surface area contributed by atoms with Gasteiger partial charge in [0.2, 0.25) is 5.91 Å². The van der Waals surface area contributed by atoms with Crippen molar-refractivity contribution in [3.8, 4) is 0 Å². The van der Waals surface area contributed by atoms with Gasteiger partial charge in [0.05, 0.1) is 0 Å². The minimum Gasteiger partial charge on any atom is -0.326 e. The van der Waals surface area contributed by atoms with Crippen LogP contribution in [0.4, 0.5) is 5.69 Å². The highest BCUT2D eigenvalue weighted by molar-refractivity contribution is 5.88. The maximum absolute atomic E-state index is 11.4. The Bertz CT molecular complexity index is 669. The van der Waals surface area contributed by atoms with Crippen LogP contribution in [0.2, 0.25) is 0 Å². The molecule has 3 heteroatoms. The molecular weight excluding hydrogens is 320 g/mol. The van der Waals surface area contributed by atoms with Crippen molar-refractivity contribution in [2.24, 2.45) is 0 Å². The Morgan fingerprint density at radius 3 is 2.23 bits per heavy atom. The van der Waals surface area contributed by atoms with Gasteiger partial charge >= 0.3 is 0 Å². The third kappa shape index (κ3) is 6.30. The molecule has 2 aromatic carbocycles. The van der Waals surface area contributed by atoms with Gasteiger partial charge in [-0.05, 0) is 36.1 Å². The van der Waals surface area contributed by atoms with E-state index in [9.17, 15) is 4.79 Å². The van der Waals surface area contributed by atoms with Gasteiger partial charge in [-0.3, -0.25) is 4.79 Å². The lowest BCUT2D eigenvalue weighted by molar-refractivity contribution is -0.114. The number of hydrogen-bond acceptors (Lipinski definition) is 2. The van der Waals surface area contributed by atoms with Crippen molar-refractivity contribution in [1.82, 2.24) is 5.32 Å². The number of unbranched alkanes of at least 4 members (excludes halogenated alkanes) is 1. The molecule has 3 nitrogen and oxygen atoms in total. The Kier molecular flexibility index (Phi) is 8.36. The van der Waals surface area contributed by atoms with Crippen molar-refractivity contribution in [1.29, 1.82) is 0 Å². The molecule has 0 spiro atoms. The fourth-order valence-corrected chi connectivity index (χ4v) is 3.35. The van der Waals surface area contributed by atoms with Crippen molar-refractivity contribution in [2.45, 2.75) is 65.0 Å². The Morgan fingerprint density at radius 1 is 0.885 bits per heavy atom. The second-order valence-corrected chi connectivity index (χ2v) is 6.92. The molecule has 2 aromatic rings. The molecule has 1 amide bonds. The number of amides is 1. The highest BCUT2D eigenvalue weighted by atomic mass is 16.1. The van der Waals surface area contributed by atoms with E-state index in [1.165, 1.54) is 24.0 Å². The fraction of sp³-hybridized carbons (Fsp3) is 0.435. The molecule has 140 valence electrons. The van der Waals surface area contributed by atoms with Crippen LogP contribution in [0.3, 0.4) is 0 Å². The summed E-state index contributed by atoms with van der Waals surface area (Å²) < 4.78 is 0. The van der Waals surface area contributed by atoms with Gasteiger partial charge in [0.15, 0.2) is 0 Å². The van der Waals surface area contributed by atoms with Gasteiger partial charge in [0.25, 0.3) is 0 Å². The van der Waals surface area contributed by atoms with Crippen molar-refractivity contribution >= 4 is 11.6 Å². The largest absolute Gasteiger partial charge is 0.326 e. The molecular formula is C23H32N2O. The summed E-state index contributed by atoms with van der Waals surface area (Å²) in [4.78, 5) is 11.4. The van der Waals surface area contributed by atoms with Crippen LogP contribution >= 0.6 is 0 Å². The first kappa shape index (κ1) is 20.2. The molecule has 0 fully saturated rings. The van der Waals surface area contributed by atoms with E-state index in [-0.39, 0.29) is 11.9 Å². The van der Waals surface area contributed by atoms with Gasteiger partial charge in [-0.2, -0.15) is 0 Å². The summed E-state index contributed by atoms with van der Waals surface area (Å²) in [5.74, 6) is -0.0339. The molecule has 0 saturated heterocycles. The van der Waals surface area contributed by atoms with Gasteiger partial charge < -0.3 is 10.6 Å². The molecule has 0 aliphatic carbocycles. The fourth-order valence-electron chi connectivity index (χ4n) is 3.35. The maximum atomic E-state index is 11.4. The molecule has 0 aliphatic heterocycles. The Morgan fingerprint density at radius 2 is 1.58 bits per heavy atom. The number of rotatable bonds is 10. The van der Waals surface area contributed by atoms with Crippen LogP contribution in [-0.4, -0.2) is 5.91 Å². The quantitative estimate of drug-likeness (QED) is 0.550. The summed E-state index contributed by atoms with van der Waals surface area (Å²) in [5.41, 5.74) is 3.45. The van der Waals surface area contributed by atoms with Crippen molar-refractivity contribution < 1.29 is 4.79 Å². The van der Waals surface area contributed by atoms with Crippen LogP contribution in [0.15, 0.2) is 54.6 Å². The summed E-state index contributed by atoms with van der Waals surface area (Å²) in [6.07, 6.45) is 5.69. The molecule has 0 saturated carbocycles. The van der Waals surface area contributed by atoms with Crippen LogP contribution in [0.25, 0.3) is 0 Å². The summed E-state index contributed by atoms with van der Waals surface area (Å²) in [5, 5.41) is 6.79. The van der Waals surface area contributed by atoms with Gasteiger partial charge in [-0.15, -0.1) is 0 Å². The summed E-state index contributed by atoms with van der Waals surface area (Å²) in [6.45, 7) is 6.01. The van der Waals surface area contributed by atoms with E-state index in [0.29, 0.717) is 6.04 Å². The minimum atomic E-state index is -0.0339. The standard InChI is InChI=1S/C23H32N2O/c1-4-6-16-23(20-14-10-15-21(17-20)24-18(3)26)25-22(11-5-2)19-12-8-7-9-13-19/h7-10,12-15,17,22-23,25H,4-6,11,16H2,1-3H3,(H,24,26). The van der Waals surface area contributed by atoms with Gasteiger partial charge in [-0.25, -0.2) is 0 Å². The van der Waals surface area contributed by atoms with E-state index in [1.54, 1.807) is 6.92 Å². The number of benzene rings is 2. The average Bonchev–Trinajstić information content (AvgIpc) is 2.64. The molecule has 0 aromatic heterocycles. The van der Waals surface area contributed by atoms with E-state index >= 15 is 0 Å². The first-order valence-corrected chi connectivity index (χ1v) is 9.82. The van der Waals surface area contributed by atoms with Gasteiger partial charge in [-0.1, -0.05) is 75.6 Å². The number of nitrogens with one attached hydrogen (secondary N) is 2. The summed E-state index contributed by atoms with van der Waals surface area (Å²) in [6, 6.07) is 19.5. The van der Waals surface area contributed by atoms with E-state index < -0.39 is 0 Å². The van der Waals surface area contributed by atoms with Gasteiger partial charge in [0, 0.05) is 24.7 Å². The molecule has 0 heterocycles. The number of carbonyl (C=O) groups is 1. The van der Waals surface area contributed by atoms with E-state index in [0.717, 1.165) is 24.9 Å². The van der Waals surface area contributed by atoms with E-state index in [2.05, 4.69) is 66.9 Å². The number of hydrogen-bond donors (Lipinski definition) is 2. The predicted octanol–water partition coefficient (Wildman–Crippen LogP) is 6.01. The van der Waals surface area contributed by atoms with Gasteiger partial charge in [0.1, 0.15) is 0 Å². The van der Waals surface area contributed by atoms with Crippen LogP contribution in [0, 0.1) is 0 Å². The monoisotopic (exact) mass is 352 g/mol. The second-order valence-electron chi connectivity index (χ2n) is 6.92. The van der Waals surface area contributed by atoms with E-state index in [4.69, 9.17) is 0 Å². The zero-order valence-electron chi connectivity index (χ0n) is 16.3. The Balaban J connectivity index is 2.23. The maximum Gasteiger partial charge on any atom is 0.221 e. The lowest BCUT2D eigenvalue weighted by Crippen LogP contribution is -2.27. The number of carbonyl (C=O) groups excluding carboxylic acids is 1. The Labute approximate surface area is 158 Å². The number of anilines is 1. The molecule has 2 N–H and O–H groups in total. The zero-order chi connectivity index (χ0) is 18.8. The lowest BCUT2D eigenvalue weighted by Gasteiger charge is -2.27. The van der Waals surface area contributed by atoms with Crippen LogP contribution < -0.4 is 10.6 Å². The smallest absolute Gasteiger partial charge is 0.221 e. The van der Waals surface area contributed by atoms with Crippen molar-refractivity contribution in [2.75, 3.05) is 5.32 Å². The normalized spacial score (nSPS) is 13.2. The highest BCUT2D eigenvalue weighted by Gasteiger charge is 2.18. The SMILES string of the molecule is CCCCC(NC(CCC)c1ccccc1)c1cccc(NC(C)=O)c1. The molecule has 0 aliphatic rings. The van der Waals surface area contributed by atoms with Crippen LogP contribution in [0.5, 0.6) is 0 Å². The molecule has 26 heavy (non-hydrogen) atoms. The third-order valence-corrected chi connectivity index (χ3v) is 4.64. The zero-order valence-corrected chi connectivity index (χ0v) is 16.3. The molecule has 0 radical (unpaired) electrons. The first-order valence-electron chi connectivity index (χ1n) is 9.82. The van der Waals surface area contributed by atoms with Crippen molar-refractivity contribution in [3.63, 3.8) is 0 Å². The predicted molar refractivity (Wildman–Crippen MR) is 110 cm³/mol. The molecule has 2 unspecified atom stereocenters. The van der Waals surface area contributed by atoms with Crippen LogP contribution in [-0.2, 0) is 4.79 Å². The lowest BCUT2D eigenvalue weighted by atomic mass is 9.96. The third-order valence-electron chi connectivity index (χ3n) is 4.64. The molecule has 2 rings (SSSR count). The second kappa shape index (κ2) is 10.8. The topological polar surface area (TPSA) is 41.1 Å². The molecule has 2 atom stereocenters. The minimum absolute atomic E-state index is 0.0339. The van der Waals surface area contributed by atoms with Crippen LogP contribution in [0.1, 0.15) is 76.1 Å². The highest BCUT2D eigenvalue weighted by Crippen LogP contribution is 2.28. The van der Waals surface area contributed by atoms with E-state index in [1.807, 2.05) is 12.1 Å². The molecule has 0 bridgehead atoms. The Hall–Kier alpha value is -2.13.